The van der Waals surface area contributed by atoms with Crippen LogP contribution in [0.4, 0.5) is 0 Å². The molecule has 0 aliphatic heterocycles. The quantitative estimate of drug-likeness (QED) is 0.770. The maximum absolute atomic E-state index is 11.4. The Morgan fingerprint density at radius 1 is 1.56 bits per heavy atom. The number of hydrogen-bond donors (Lipinski definition) is 1. The molecule has 1 rings (SSSR count). The van der Waals surface area contributed by atoms with E-state index in [4.69, 9.17) is 5.11 Å². The highest BCUT2D eigenvalue weighted by molar-refractivity contribution is 5.88. The van der Waals surface area contributed by atoms with Gasteiger partial charge in [-0.3, -0.25) is 4.79 Å². The second-order valence-corrected chi connectivity index (χ2v) is 3.65. The van der Waals surface area contributed by atoms with Gasteiger partial charge in [-0.1, -0.05) is 13.8 Å². The Balaban J connectivity index is 3.12. The molecule has 0 atom stereocenters. The summed E-state index contributed by atoms with van der Waals surface area (Å²) in [6.07, 6.45) is 0. The zero-order valence-electron chi connectivity index (χ0n) is 9.43. The van der Waals surface area contributed by atoms with Crippen molar-refractivity contribution in [2.75, 3.05) is 7.11 Å². The molecule has 6 heteroatoms. The van der Waals surface area contributed by atoms with Crippen molar-refractivity contribution in [3.05, 3.63) is 17.5 Å². The topological polar surface area (TPSA) is 81.4 Å². The fourth-order valence-corrected chi connectivity index (χ4v) is 1.24. The van der Waals surface area contributed by atoms with Crippen LogP contribution in [-0.2, 0) is 16.1 Å². The summed E-state index contributed by atoms with van der Waals surface area (Å²) >= 11 is 0. The van der Waals surface area contributed by atoms with Crippen LogP contribution in [0.2, 0.25) is 0 Å². The Bertz CT molecular complexity index is 409. The maximum atomic E-state index is 11.4. The van der Waals surface area contributed by atoms with E-state index in [9.17, 15) is 9.59 Å². The number of aliphatic carboxylic acids is 1. The van der Waals surface area contributed by atoms with Crippen LogP contribution in [0.3, 0.4) is 0 Å². The molecule has 1 aromatic rings. The number of carbonyl (C=O) groups excluding carboxylic acids is 1. The minimum absolute atomic E-state index is 0.124. The molecule has 0 saturated carbocycles. The third kappa shape index (κ3) is 2.59. The van der Waals surface area contributed by atoms with Crippen LogP contribution in [0.1, 0.15) is 35.9 Å². The number of esters is 1. The Morgan fingerprint density at radius 2 is 2.19 bits per heavy atom. The van der Waals surface area contributed by atoms with Gasteiger partial charge >= 0.3 is 11.9 Å². The summed E-state index contributed by atoms with van der Waals surface area (Å²) in [5, 5.41) is 12.7. The maximum Gasteiger partial charge on any atom is 0.356 e. The molecule has 0 fully saturated rings. The van der Waals surface area contributed by atoms with Crippen LogP contribution in [0.5, 0.6) is 0 Å². The summed E-state index contributed by atoms with van der Waals surface area (Å²) in [5.41, 5.74) is 0.829. The number of carbonyl (C=O) groups is 2. The zero-order valence-corrected chi connectivity index (χ0v) is 9.43. The number of methoxy groups -OCH3 is 1. The van der Waals surface area contributed by atoms with Crippen molar-refractivity contribution < 1.29 is 19.4 Å². The number of aromatic nitrogens is 2. The SMILES string of the molecule is COC(=O)c1cc(C(C)C)nn1CC(=O)O. The largest absolute Gasteiger partial charge is 0.480 e. The first-order valence-corrected chi connectivity index (χ1v) is 4.83. The first kappa shape index (κ1) is 12.2. The molecule has 0 aliphatic rings. The predicted octanol–water partition coefficient (Wildman–Crippen LogP) is 0.878. The van der Waals surface area contributed by atoms with E-state index in [1.165, 1.54) is 7.11 Å². The highest BCUT2D eigenvalue weighted by Crippen LogP contribution is 2.15. The predicted molar refractivity (Wildman–Crippen MR) is 55.3 cm³/mol. The molecule has 1 N–H and O–H groups in total. The fraction of sp³-hybridized carbons (Fsp3) is 0.500. The Kier molecular flexibility index (Phi) is 3.65. The molecular formula is C10H14N2O4. The highest BCUT2D eigenvalue weighted by atomic mass is 16.5. The summed E-state index contributed by atoms with van der Waals surface area (Å²) in [5.74, 6) is -1.51. The van der Waals surface area contributed by atoms with E-state index in [2.05, 4.69) is 9.84 Å². The Morgan fingerprint density at radius 3 is 2.62 bits per heavy atom. The van der Waals surface area contributed by atoms with Gasteiger partial charge in [0.25, 0.3) is 0 Å². The van der Waals surface area contributed by atoms with Gasteiger partial charge in [0.15, 0.2) is 0 Å². The van der Waals surface area contributed by atoms with Gasteiger partial charge in [-0.25, -0.2) is 9.48 Å². The van der Waals surface area contributed by atoms with Gasteiger partial charge in [0.1, 0.15) is 12.2 Å². The molecule has 0 radical (unpaired) electrons. The molecular weight excluding hydrogens is 212 g/mol. The highest BCUT2D eigenvalue weighted by Gasteiger charge is 2.18. The van der Waals surface area contributed by atoms with Crippen molar-refractivity contribution in [2.45, 2.75) is 26.3 Å². The van der Waals surface area contributed by atoms with Gasteiger partial charge in [0.05, 0.1) is 12.8 Å². The van der Waals surface area contributed by atoms with Crippen LogP contribution in [0, 0.1) is 0 Å². The van der Waals surface area contributed by atoms with Crippen molar-refractivity contribution in [1.82, 2.24) is 9.78 Å². The summed E-state index contributed by atoms with van der Waals surface area (Å²) in [7, 11) is 1.25. The first-order chi connectivity index (χ1) is 7.45. The molecule has 0 unspecified atom stereocenters. The van der Waals surface area contributed by atoms with Gasteiger partial charge in [0, 0.05) is 0 Å². The molecule has 6 nitrogen and oxygen atoms in total. The lowest BCUT2D eigenvalue weighted by atomic mass is 10.1. The van der Waals surface area contributed by atoms with E-state index in [-0.39, 0.29) is 18.2 Å². The van der Waals surface area contributed by atoms with Gasteiger partial charge in [0.2, 0.25) is 0 Å². The third-order valence-corrected chi connectivity index (χ3v) is 2.07. The van der Waals surface area contributed by atoms with Crippen molar-refractivity contribution in [3.63, 3.8) is 0 Å². The monoisotopic (exact) mass is 226 g/mol. The number of hydrogen-bond acceptors (Lipinski definition) is 4. The van der Waals surface area contributed by atoms with Crippen molar-refractivity contribution >= 4 is 11.9 Å². The summed E-state index contributed by atoms with van der Waals surface area (Å²) < 4.78 is 5.70. The van der Waals surface area contributed by atoms with E-state index >= 15 is 0 Å². The molecule has 0 saturated heterocycles. The van der Waals surface area contributed by atoms with Crippen molar-refractivity contribution in [3.8, 4) is 0 Å². The number of nitrogens with zero attached hydrogens (tertiary/aromatic N) is 2. The molecule has 1 heterocycles. The van der Waals surface area contributed by atoms with Crippen molar-refractivity contribution in [2.24, 2.45) is 0 Å². The molecule has 16 heavy (non-hydrogen) atoms. The Hall–Kier alpha value is -1.85. The zero-order chi connectivity index (χ0) is 12.3. The summed E-state index contributed by atoms with van der Waals surface area (Å²) in [6.45, 7) is 3.47. The fourth-order valence-electron chi connectivity index (χ4n) is 1.24. The number of rotatable bonds is 4. The molecule has 88 valence electrons. The average molecular weight is 226 g/mol. The second-order valence-electron chi connectivity index (χ2n) is 3.65. The minimum Gasteiger partial charge on any atom is -0.480 e. The average Bonchev–Trinajstić information content (AvgIpc) is 2.59. The first-order valence-electron chi connectivity index (χ1n) is 4.83. The van der Waals surface area contributed by atoms with Crippen molar-refractivity contribution in [1.29, 1.82) is 0 Å². The Labute approximate surface area is 92.8 Å². The van der Waals surface area contributed by atoms with E-state index in [1.54, 1.807) is 6.07 Å². The lowest BCUT2D eigenvalue weighted by Crippen LogP contribution is -2.17. The smallest absolute Gasteiger partial charge is 0.356 e. The van der Waals surface area contributed by atoms with Crippen LogP contribution in [0.25, 0.3) is 0 Å². The van der Waals surface area contributed by atoms with Gasteiger partial charge in [-0.2, -0.15) is 5.10 Å². The summed E-state index contributed by atoms with van der Waals surface area (Å²) in [6, 6.07) is 1.56. The van der Waals surface area contributed by atoms with Gasteiger partial charge in [-0.15, -0.1) is 0 Å². The second kappa shape index (κ2) is 4.78. The van der Waals surface area contributed by atoms with Gasteiger partial charge < -0.3 is 9.84 Å². The third-order valence-electron chi connectivity index (χ3n) is 2.07. The number of carboxylic acids is 1. The normalized spacial score (nSPS) is 10.5. The molecule has 0 amide bonds. The molecule has 0 aromatic carbocycles. The number of ether oxygens (including phenoxy) is 1. The van der Waals surface area contributed by atoms with E-state index < -0.39 is 11.9 Å². The number of carboxylic acid groups (broad SMARTS) is 1. The van der Waals surface area contributed by atoms with E-state index in [0.717, 1.165) is 4.68 Å². The van der Waals surface area contributed by atoms with Crippen LogP contribution < -0.4 is 0 Å². The molecule has 0 bridgehead atoms. The lowest BCUT2D eigenvalue weighted by molar-refractivity contribution is -0.137. The minimum atomic E-state index is -1.05. The van der Waals surface area contributed by atoms with Crippen LogP contribution >= 0.6 is 0 Å². The lowest BCUT2D eigenvalue weighted by Gasteiger charge is -2.01. The molecule has 0 spiro atoms. The summed E-state index contributed by atoms with van der Waals surface area (Å²) in [4.78, 5) is 22.0. The van der Waals surface area contributed by atoms with Crippen LogP contribution in [-0.4, -0.2) is 33.9 Å². The van der Waals surface area contributed by atoms with Gasteiger partial charge in [-0.05, 0) is 12.0 Å². The van der Waals surface area contributed by atoms with E-state index in [0.29, 0.717) is 5.69 Å². The molecule has 1 aromatic heterocycles. The standard InChI is InChI=1S/C10H14N2O4/c1-6(2)7-4-8(10(15)16-3)12(11-7)5-9(13)14/h4,6H,5H2,1-3H3,(H,13,14). The van der Waals surface area contributed by atoms with Crippen LogP contribution in [0.15, 0.2) is 6.07 Å². The molecule has 0 aliphatic carbocycles. The van der Waals surface area contributed by atoms with E-state index in [1.807, 2.05) is 13.8 Å².